The van der Waals surface area contributed by atoms with Gasteiger partial charge in [0, 0.05) is 43.6 Å². The summed E-state index contributed by atoms with van der Waals surface area (Å²) >= 11 is 0. The van der Waals surface area contributed by atoms with Gasteiger partial charge >= 0.3 is 0 Å². The van der Waals surface area contributed by atoms with Crippen LogP contribution in [0.15, 0.2) is 180 Å². The summed E-state index contributed by atoms with van der Waals surface area (Å²) in [4.78, 5) is 5.51. The Kier molecular flexibility index (Phi) is 5.80. The lowest BCUT2D eigenvalue weighted by atomic mass is 9.84. The van der Waals surface area contributed by atoms with E-state index in [1.54, 1.807) is 0 Å². The molecule has 12 aromatic rings. The fourth-order valence-corrected chi connectivity index (χ4v) is 9.16. The first-order chi connectivity index (χ1) is 26.3. The minimum absolute atomic E-state index is 0.903. The van der Waals surface area contributed by atoms with Crippen molar-refractivity contribution in [3.05, 3.63) is 176 Å². The first-order valence-electron chi connectivity index (χ1n) is 18.2. The van der Waals surface area contributed by atoms with Crippen molar-refractivity contribution >= 4 is 97.5 Å². The van der Waals surface area contributed by atoms with Crippen LogP contribution in [-0.2, 0) is 0 Å². The third-order valence-electron chi connectivity index (χ3n) is 11.4. The molecular weight excluding hydrogens is 643 g/mol. The van der Waals surface area contributed by atoms with E-state index in [-0.39, 0.29) is 0 Å². The van der Waals surface area contributed by atoms with Crippen LogP contribution in [-0.4, -0.2) is 4.98 Å². The second kappa shape index (κ2) is 10.7. The zero-order chi connectivity index (χ0) is 34.6. The van der Waals surface area contributed by atoms with E-state index < -0.39 is 0 Å². The maximum atomic E-state index is 7.00. The van der Waals surface area contributed by atoms with Gasteiger partial charge in [-0.05, 0) is 72.1 Å². The number of aromatic nitrogens is 1. The Hall–Kier alpha value is -7.03. The van der Waals surface area contributed by atoms with Gasteiger partial charge in [0.15, 0.2) is 0 Å². The monoisotopic (exact) mass is 671 g/mol. The normalized spacial score (nSPS) is 12.2. The van der Waals surface area contributed by atoms with Crippen molar-refractivity contribution in [3.8, 4) is 22.4 Å². The molecule has 2 heterocycles. The molecule has 0 unspecified atom stereocenters. The third kappa shape index (κ3) is 3.95. The minimum atomic E-state index is 0.903. The van der Waals surface area contributed by atoms with Gasteiger partial charge in [0.2, 0.25) is 0 Å². The number of hydrogen-bond donors (Lipinski definition) is 0. The van der Waals surface area contributed by atoms with Gasteiger partial charge in [-0.1, -0.05) is 158 Å². The number of benzene rings is 10. The van der Waals surface area contributed by atoms with Crippen molar-refractivity contribution in [1.82, 2.24) is 4.98 Å². The Morgan fingerprint density at radius 1 is 0.340 bits per heavy atom. The minimum Gasteiger partial charge on any atom is -0.455 e. The highest BCUT2D eigenvalue weighted by Crippen LogP contribution is 2.50. The SMILES string of the molecule is c1ccc2c(c1)ccc1c(-c3c4ccccc4c(-c4cc5ccccc5c5c4oc4ccc6ccccc6c45)c4ccccc34)nc3ccccc3c12. The van der Waals surface area contributed by atoms with Gasteiger partial charge in [-0.15, -0.1) is 0 Å². The van der Waals surface area contributed by atoms with Crippen molar-refractivity contribution in [1.29, 1.82) is 0 Å². The van der Waals surface area contributed by atoms with Crippen molar-refractivity contribution in [2.45, 2.75) is 0 Å². The van der Waals surface area contributed by atoms with Gasteiger partial charge in [-0.3, -0.25) is 0 Å². The standard InChI is InChI=1S/C51H29NO/c1-4-16-33-30(13-1)25-27-41-45(33)40-23-11-12-24-43(40)52-50(41)47-38-21-9-7-19-36(38)46(37-20-8-10-22-39(37)47)42-29-32-15-3-6-18-35(32)49-48-34-17-5-2-14-31(34)26-28-44(48)53-51(42)49/h1-29H. The van der Waals surface area contributed by atoms with Gasteiger partial charge in [-0.2, -0.15) is 0 Å². The Morgan fingerprint density at radius 2 is 0.830 bits per heavy atom. The summed E-state index contributed by atoms with van der Waals surface area (Å²) in [6.45, 7) is 0. The van der Waals surface area contributed by atoms with E-state index in [4.69, 9.17) is 9.40 Å². The second-order valence-electron chi connectivity index (χ2n) is 14.1. The summed E-state index contributed by atoms with van der Waals surface area (Å²) in [5.74, 6) is 0. The van der Waals surface area contributed by atoms with Gasteiger partial charge in [0.25, 0.3) is 0 Å². The largest absolute Gasteiger partial charge is 0.455 e. The quantitative estimate of drug-likeness (QED) is 0.135. The van der Waals surface area contributed by atoms with Crippen LogP contribution in [0.1, 0.15) is 0 Å². The Bertz CT molecular complexity index is 3440. The van der Waals surface area contributed by atoms with Crippen LogP contribution in [0.3, 0.4) is 0 Å². The van der Waals surface area contributed by atoms with E-state index in [9.17, 15) is 0 Å². The zero-order valence-corrected chi connectivity index (χ0v) is 28.6. The molecule has 0 aliphatic heterocycles. The molecule has 0 spiro atoms. The van der Waals surface area contributed by atoms with Crippen LogP contribution in [0.2, 0.25) is 0 Å². The first kappa shape index (κ1) is 28.6. The highest BCUT2D eigenvalue weighted by Gasteiger charge is 2.24. The molecule has 0 radical (unpaired) electrons. The second-order valence-corrected chi connectivity index (χ2v) is 14.1. The molecule has 0 aliphatic rings. The predicted molar refractivity (Wildman–Crippen MR) is 225 cm³/mol. The van der Waals surface area contributed by atoms with E-state index in [2.05, 4.69) is 176 Å². The van der Waals surface area contributed by atoms with Crippen LogP contribution in [0.25, 0.3) is 120 Å². The summed E-state index contributed by atoms with van der Waals surface area (Å²) in [7, 11) is 0. The Labute approximate surface area is 304 Å². The van der Waals surface area contributed by atoms with Gasteiger partial charge < -0.3 is 4.42 Å². The highest BCUT2D eigenvalue weighted by molar-refractivity contribution is 6.33. The number of para-hydroxylation sites is 1. The summed E-state index contributed by atoms with van der Waals surface area (Å²) in [6.07, 6.45) is 0. The van der Waals surface area contributed by atoms with Crippen LogP contribution in [0.5, 0.6) is 0 Å². The van der Waals surface area contributed by atoms with Crippen molar-refractivity contribution < 1.29 is 4.42 Å². The van der Waals surface area contributed by atoms with Crippen molar-refractivity contribution in [2.24, 2.45) is 0 Å². The molecule has 12 rings (SSSR count). The number of nitrogens with zero attached hydrogens (tertiary/aromatic N) is 1. The fraction of sp³-hybridized carbons (Fsp3) is 0. The van der Waals surface area contributed by atoms with Gasteiger partial charge in [0.1, 0.15) is 11.2 Å². The lowest BCUT2D eigenvalue weighted by molar-refractivity contribution is 0.670. The topological polar surface area (TPSA) is 26.0 Å². The average molecular weight is 672 g/mol. The van der Waals surface area contributed by atoms with Crippen LogP contribution < -0.4 is 0 Å². The molecule has 0 saturated carbocycles. The molecule has 2 nitrogen and oxygen atoms in total. The van der Waals surface area contributed by atoms with Crippen molar-refractivity contribution in [3.63, 3.8) is 0 Å². The van der Waals surface area contributed by atoms with Crippen molar-refractivity contribution in [2.75, 3.05) is 0 Å². The van der Waals surface area contributed by atoms with E-state index in [1.165, 1.54) is 75.6 Å². The molecule has 10 aromatic carbocycles. The van der Waals surface area contributed by atoms with Gasteiger partial charge in [0.05, 0.1) is 11.2 Å². The van der Waals surface area contributed by atoms with Crippen LogP contribution in [0.4, 0.5) is 0 Å². The summed E-state index contributed by atoms with van der Waals surface area (Å²) in [5.41, 5.74) is 7.24. The molecule has 0 N–H and O–H groups in total. The van der Waals surface area contributed by atoms with E-state index >= 15 is 0 Å². The van der Waals surface area contributed by atoms with E-state index in [1.807, 2.05) is 0 Å². The lowest BCUT2D eigenvalue weighted by Crippen LogP contribution is -1.95. The molecule has 0 bridgehead atoms. The maximum Gasteiger partial charge on any atom is 0.143 e. The molecule has 244 valence electrons. The maximum absolute atomic E-state index is 7.00. The molecular formula is C51H29NO. The zero-order valence-electron chi connectivity index (χ0n) is 28.6. The predicted octanol–water partition coefficient (Wildman–Crippen LogP) is 14.4. The third-order valence-corrected chi connectivity index (χ3v) is 11.4. The molecule has 2 heteroatoms. The first-order valence-corrected chi connectivity index (χ1v) is 18.2. The summed E-state index contributed by atoms with van der Waals surface area (Å²) < 4.78 is 7.00. The number of fused-ring (bicyclic) bond motifs is 14. The number of pyridine rings is 1. The lowest BCUT2D eigenvalue weighted by Gasteiger charge is -2.20. The number of rotatable bonds is 2. The fourth-order valence-electron chi connectivity index (χ4n) is 9.16. The molecule has 0 fully saturated rings. The average Bonchev–Trinajstić information content (AvgIpc) is 3.63. The smallest absolute Gasteiger partial charge is 0.143 e. The molecule has 0 amide bonds. The van der Waals surface area contributed by atoms with E-state index in [0.717, 1.165) is 44.3 Å². The Morgan fingerprint density at radius 3 is 1.49 bits per heavy atom. The number of hydrogen-bond acceptors (Lipinski definition) is 2. The molecule has 0 saturated heterocycles. The number of furan rings is 1. The molecule has 53 heavy (non-hydrogen) atoms. The summed E-state index contributed by atoms with van der Waals surface area (Å²) in [6, 6.07) is 63.6. The summed E-state index contributed by atoms with van der Waals surface area (Å²) in [5, 5.41) is 17.9. The molecule has 0 atom stereocenters. The van der Waals surface area contributed by atoms with Crippen LogP contribution >= 0.6 is 0 Å². The van der Waals surface area contributed by atoms with Crippen LogP contribution in [0, 0.1) is 0 Å². The highest BCUT2D eigenvalue weighted by atomic mass is 16.3. The van der Waals surface area contributed by atoms with Gasteiger partial charge in [-0.25, -0.2) is 4.98 Å². The Balaban J connectivity index is 1.27. The van der Waals surface area contributed by atoms with E-state index in [0.29, 0.717) is 0 Å². The molecule has 0 aliphatic carbocycles. The molecule has 2 aromatic heterocycles.